The van der Waals surface area contributed by atoms with Crippen molar-refractivity contribution in [2.45, 2.75) is 32.3 Å². The molecule has 0 radical (unpaired) electrons. The molecule has 1 fully saturated rings. The number of carbonyl (C=O) groups excluding carboxylic acids is 1. The topological polar surface area (TPSA) is 55.6 Å². The molecule has 128 valence electrons. The molecule has 1 amide bonds. The maximum Gasteiger partial charge on any atom is 0.410 e. The van der Waals surface area contributed by atoms with Gasteiger partial charge in [-0.3, -0.25) is 0 Å². The Hall–Kier alpha value is -2.07. The number of hydrogen-bond acceptors (Lipinski definition) is 3. The van der Waals surface area contributed by atoms with Crippen LogP contribution in [0, 0.1) is 5.92 Å². The van der Waals surface area contributed by atoms with Crippen molar-refractivity contribution in [3.63, 3.8) is 0 Å². The van der Waals surface area contributed by atoms with Crippen molar-refractivity contribution in [2.24, 2.45) is 11.7 Å². The van der Waals surface area contributed by atoms with Crippen molar-refractivity contribution >= 4 is 16.9 Å². The number of likely N-dealkylation sites (tertiary alicyclic amines) is 1. The zero-order chi connectivity index (χ0) is 17.3. The van der Waals surface area contributed by atoms with Gasteiger partial charge in [-0.25, -0.2) is 4.79 Å². The molecule has 1 heterocycles. The van der Waals surface area contributed by atoms with Crippen molar-refractivity contribution in [3.8, 4) is 0 Å². The van der Waals surface area contributed by atoms with Gasteiger partial charge in [0, 0.05) is 19.0 Å². The minimum Gasteiger partial charge on any atom is -0.444 e. The normalized spacial score (nSPS) is 21.2. The van der Waals surface area contributed by atoms with Gasteiger partial charge in [0.2, 0.25) is 0 Å². The van der Waals surface area contributed by atoms with Gasteiger partial charge in [0.15, 0.2) is 0 Å². The largest absolute Gasteiger partial charge is 0.444 e. The summed E-state index contributed by atoms with van der Waals surface area (Å²) in [6, 6.07) is 14.7. The minimum absolute atomic E-state index is 0.244. The van der Waals surface area contributed by atoms with Crippen LogP contribution in [-0.2, 0) is 4.74 Å². The van der Waals surface area contributed by atoms with E-state index in [4.69, 9.17) is 10.5 Å². The third kappa shape index (κ3) is 3.39. The number of rotatable bonds is 2. The second-order valence-electron chi connectivity index (χ2n) is 7.56. The van der Waals surface area contributed by atoms with Crippen molar-refractivity contribution in [2.75, 3.05) is 19.6 Å². The predicted octanol–water partition coefficient (Wildman–Crippen LogP) is 3.75. The van der Waals surface area contributed by atoms with Gasteiger partial charge in [0.05, 0.1) is 0 Å². The molecule has 0 bridgehead atoms. The number of hydrogen-bond donors (Lipinski definition) is 1. The quantitative estimate of drug-likeness (QED) is 0.914. The van der Waals surface area contributed by atoms with E-state index in [1.165, 1.54) is 16.3 Å². The van der Waals surface area contributed by atoms with Gasteiger partial charge < -0.3 is 15.4 Å². The van der Waals surface area contributed by atoms with E-state index >= 15 is 0 Å². The van der Waals surface area contributed by atoms with Gasteiger partial charge in [-0.2, -0.15) is 0 Å². The van der Waals surface area contributed by atoms with Gasteiger partial charge in [0.1, 0.15) is 5.60 Å². The lowest BCUT2D eigenvalue weighted by Gasteiger charge is -2.24. The van der Waals surface area contributed by atoms with Gasteiger partial charge in [-0.05, 0) is 49.6 Å². The van der Waals surface area contributed by atoms with Crippen LogP contribution < -0.4 is 5.73 Å². The first-order chi connectivity index (χ1) is 11.4. The van der Waals surface area contributed by atoms with E-state index in [9.17, 15) is 4.79 Å². The molecule has 24 heavy (non-hydrogen) atoms. The summed E-state index contributed by atoms with van der Waals surface area (Å²) in [4.78, 5) is 14.2. The average Bonchev–Trinajstić information content (AvgIpc) is 2.97. The van der Waals surface area contributed by atoms with E-state index < -0.39 is 5.60 Å². The molecule has 0 spiro atoms. The summed E-state index contributed by atoms with van der Waals surface area (Å²) >= 11 is 0. The highest BCUT2D eigenvalue weighted by molar-refractivity contribution is 5.86. The first-order valence-corrected chi connectivity index (χ1v) is 8.54. The smallest absolute Gasteiger partial charge is 0.410 e. The summed E-state index contributed by atoms with van der Waals surface area (Å²) < 4.78 is 5.53. The number of ether oxygens (including phenoxy) is 1. The summed E-state index contributed by atoms with van der Waals surface area (Å²) in [6.07, 6.45) is -0.247. The Morgan fingerprint density at radius 1 is 1.17 bits per heavy atom. The van der Waals surface area contributed by atoms with Crippen LogP contribution in [0.25, 0.3) is 10.8 Å². The number of benzene rings is 2. The Labute approximate surface area is 143 Å². The Morgan fingerprint density at radius 2 is 1.88 bits per heavy atom. The highest BCUT2D eigenvalue weighted by Crippen LogP contribution is 2.36. The van der Waals surface area contributed by atoms with Crippen LogP contribution >= 0.6 is 0 Å². The van der Waals surface area contributed by atoms with Crippen LogP contribution in [0.1, 0.15) is 32.3 Å². The number of carbonyl (C=O) groups is 1. The van der Waals surface area contributed by atoms with Gasteiger partial charge in [-0.15, -0.1) is 0 Å². The maximum atomic E-state index is 12.4. The fraction of sp³-hybridized carbons (Fsp3) is 0.450. The minimum atomic E-state index is -0.479. The van der Waals surface area contributed by atoms with Crippen LogP contribution in [-0.4, -0.2) is 36.2 Å². The Morgan fingerprint density at radius 3 is 2.58 bits per heavy atom. The summed E-state index contributed by atoms with van der Waals surface area (Å²) in [5.74, 6) is 0.497. The van der Waals surface area contributed by atoms with E-state index in [1.807, 2.05) is 26.8 Å². The third-order valence-electron chi connectivity index (χ3n) is 4.62. The maximum absolute atomic E-state index is 12.4. The molecule has 2 aromatic carbocycles. The van der Waals surface area contributed by atoms with Crippen molar-refractivity contribution < 1.29 is 9.53 Å². The number of fused-ring (bicyclic) bond motifs is 1. The van der Waals surface area contributed by atoms with Gasteiger partial charge >= 0.3 is 6.09 Å². The molecule has 2 aromatic rings. The molecule has 1 saturated heterocycles. The SMILES string of the molecule is CC(C)(C)OC(=O)N1C[C@@H](CN)[C@H](c2cccc3ccccc23)C1. The lowest BCUT2D eigenvalue weighted by molar-refractivity contribution is 0.0287. The Bertz CT molecular complexity index is 730. The lowest BCUT2D eigenvalue weighted by Crippen LogP contribution is -2.35. The van der Waals surface area contributed by atoms with Crippen LogP contribution in [0.15, 0.2) is 42.5 Å². The predicted molar refractivity (Wildman–Crippen MR) is 97.0 cm³/mol. The van der Waals surface area contributed by atoms with Crippen molar-refractivity contribution in [1.82, 2.24) is 4.90 Å². The molecule has 2 atom stereocenters. The molecule has 3 rings (SSSR count). The molecule has 4 nitrogen and oxygen atoms in total. The molecule has 0 saturated carbocycles. The van der Waals surface area contributed by atoms with E-state index in [-0.39, 0.29) is 17.9 Å². The fourth-order valence-electron chi connectivity index (χ4n) is 3.51. The molecule has 0 aromatic heterocycles. The second-order valence-corrected chi connectivity index (χ2v) is 7.56. The van der Waals surface area contributed by atoms with Crippen LogP contribution in [0.3, 0.4) is 0 Å². The van der Waals surface area contributed by atoms with Crippen LogP contribution in [0.5, 0.6) is 0 Å². The zero-order valence-corrected chi connectivity index (χ0v) is 14.7. The third-order valence-corrected chi connectivity index (χ3v) is 4.62. The molecular weight excluding hydrogens is 300 g/mol. The Kier molecular flexibility index (Phi) is 4.50. The van der Waals surface area contributed by atoms with E-state index in [0.717, 1.165) is 0 Å². The summed E-state index contributed by atoms with van der Waals surface area (Å²) in [6.45, 7) is 7.55. The zero-order valence-electron chi connectivity index (χ0n) is 14.7. The standard InChI is InChI=1S/C20H26N2O2/c1-20(2,3)24-19(23)22-12-15(11-21)18(13-22)17-10-6-8-14-7-4-5-9-16(14)17/h4-10,15,18H,11-13,21H2,1-3H3/t15-,18-/m1/s1. The van der Waals surface area contributed by atoms with E-state index in [1.54, 1.807) is 4.90 Å². The average molecular weight is 326 g/mol. The summed E-state index contributed by atoms with van der Waals surface area (Å²) in [5, 5.41) is 2.47. The van der Waals surface area contributed by atoms with E-state index in [2.05, 4.69) is 36.4 Å². The van der Waals surface area contributed by atoms with Crippen molar-refractivity contribution in [1.29, 1.82) is 0 Å². The molecule has 4 heteroatoms. The van der Waals surface area contributed by atoms with Gasteiger partial charge in [-0.1, -0.05) is 42.5 Å². The Balaban J connectivity index is 1.88. The number of nitrogens with two attached hydrogens (primary N) is 1. The summed E-state index contributed by atoms with van der Waals surface area (Å²) in [5.41, 5.74) is 6.81. The first kappa shape index (κ1) is 16.8. The van der Waals surface area contributed by atoms with Crippen molar-refractivity contribution in [3.05, 3.63) is 48.0 Å². The molecule has 1 aliphatic rings. The molecular formula is C20H26N2O2. The summed E-state index contributed by atoms with van der Waals surface area (Å²) in [7, 11) is 0. The van der Waals surface area contributed by atoms with Crippen LogP contribution in [0.2, 0.25) is 0 Å². The number of amides is 1. The van der Waals surface area contributed by atoms with Gasteiger partial charge in [0.25, 0.3) is 0 Å². The second kappa shape index (κ2) is 6.44. The lowest BCUT2D eigenvalue weighted by atomic mass is 9.86. The highest BCUT2D eigenvalue weighted by Gasteiger charge is 2.37. The molecule has 2 N–H and O–H groups in total. The number of nitrogens with zero attached hydrogens (tertiary/aromatic N) is 1. The monoisotopic (exact) mass is 326 g/mol. The fourth-order valence-corrected chi connectivity index (χ4v) is 3.51. The van der Waals surface area contributed by atoms with E-state index in [0.29, 0.717) is 19.6 Å². The van der Waals surface area contributed by atoms with Crippen LogP contribution in [0.4, 0.5) is 4.79 Å². The molecule has 0 unspecified atom stereocenters. The first-order valence-electron chi connectivity index (χ1n) is 8.54. The molecule has 1 aliphatic heterocycles. The highest BCUT2D eigenvalue weighted by atomic mass is 16.6. The molecule has 0 aliphatic carbocycles.